The smallest absolute Gasteiger partial charge is 0.253 e. The summed E-state index contributed by atoms with van der Waals surface area (Å²) in [7, 11) is 0. The summed E-state index contributed by atoms with van der Waals surface area (Å²) in [6, 6.07) is 18.4. The Bertz CT molecular complexity index is 981. The largest absolute Gasteiger partial charge is 0.336 e. The van der Waals surface area contributed by atoms with Crippen LogP contribution in [0.4, 0.5) is 0 Å². The van der Waals surface area contributed by atoms with Gasteiger partial charge >= 0.3 is 0 Å². The third kappa shape index (κ3) is 4.79. The van der Waals surface area contributed by atoms with Crippen molar-refractivity contribution in [3.05, 3.63) is 76.8 Å². The number of rotatable bonds is 4. The minimum absolute atomic E-state index is 0.100. The van der Waals surface area contributed by atoms with Crippen molar-refractivity contribution in [2.75, 3.05) is 26.2 Å². The second-order valence-electron chi connectivity index (χ2n) is 8.91. The van der Waals surface area contributed by atoms with Crippen molar-refractivity contribution >= 4 is 17.2 Å². The molecule has 0 atom stereocenters. The molecule has 0 spiro atoms. The number of hydrogen-bond acceptors (Lipinski definition) is 4. The molecule has 2 heterocycles. The number of carbonyl (C=O) groups is 1. The SMILES string of the molecule is CC(C)(C)c1ccc(C(=O)N2CCN(Cc3csc(-c4ccccc4)n3)CC2)cc1. The van der Waals surface area contributed by atoms with E-state index in [2.05, 4.69) is 55.3 Å². The van der Waals surface area contributed by atoms with E-state index in [1.54, 1.807) is 11.3 Å². The first kappa shape index (κ1) is 20.8. The third-order valence-electron chi connectivity index (χ3n) is 5.62. The van der Waals surface area contributed by atoms with Crippen molar-refractivity contribution in [3.63, 3.8) is 0 Å². The van der Waals surface area contributed by atoms with Gasteiger partial charge in [0.2, 0.25) is 0 Å². The molecule has 4 nitrogen and oxygen atoms in total. The number of aromatic nitrogens is 1. The molecule has 1 aromatic heterocycles. The number of nitrogens with zero attached hydrogens (tertiary/aromatic N) is 3. The summed E-state index contributed by atoms with van der Waals surface area (Å²) in [5, 5.41) is 3.22. The lowest BCUT2D eigenvalue weighted by Crippen LogP contribution is -2.48. The van der Waals surface area contributed by atoms with Gasteiger partial charge in [-0.05, 0) is 23.1 Å². The Morgan fingerprint density at radius 1 is 0.967 bits per heavy atom. The number of piperazine rings is 1. The molecule has 0 unspecified atom stereocenters. The molecular weight excluding hydrogens is 390 g/mol. The Labute approximate surface area is 183 Å². The molecule has 30 heavy (non-hydrogen) atoms. The van der Waals surface area contributed by atoms with E-state index in [0.29, 0.717) is 0 Å². The van der Waals surface area contributed by atoms with Gasteiger partial charge in [0.1, 0.15) is 5.01 Å². The summed E-state index contributed by atoms with van der Waals surface area (Å²) in [6.45, 7) is 10.7. The Hall–Kier alpha value is -2.50. The molecule has 0 bridgehead atoms. The number of carbonyl (C=O) groups excluding carboxylic acids is 1. The van der Waals surface area contributed by atoms with Gasteiger partial charge in [-0.2, -0.15) is 0 Å². The molecule has 4 rings (SSSR count). The fraction of sp³-hybridized carbons (Fsp3) is 0.360. The Balaban J connectivity index is 1.32. The van der Waals surface area contributed by atoms with Crippen LogP contribution in [0.3, 0.4) is 0 Å². The Morgan fingerprint density at radius 2 is 1.63 bits per heavy atom. The molecule has 5 heteroatoms. The van der Waals surface area contributed by atoms with Crippen molar-refractivity contribution in [3.8, 4) is 10.6 Å². The van der Waals surface area contributed by atoms with Gasteiger partial charge in [-0.15, -0.1) is 11.3 Å². The molecule has 1 aliphatic heterocycles. The highest BCUT2D eigenvalue weighted by molar-refractivity contribution is 7.13. The maximum absolute atomic E-state index is 12.9. The highest BCUT2D eigenvalue weighted by Gasteiger charge is 2.23. The molecule has 0 N–H and O–H groups in total. The van der Waals surface area contributed by atoms with Crippen molar-refractivity contribution in [2.45, 2.75) is 32.7 Å². The van der Waals surface area contributed by atoms with E-state index in [4.69, 9.17) is 4.98 Å². The molecule has 0 radical (unpaired) electrons. The second kappa shape index (κ2) is 8.70. The van der Waals surface area contributed by atoms with Crippen molar-refractivity contribution < 1.29 is 4.79 Å². The second-order valence-corrected chi connectivity index (χ2v) is 9.76. The molecule has 3 aromatic rings. The van der Waals surface area contributed by atoms with Gasteiger partial charge < -0.3 is 4.90 Å². The van der Waals surface area contributed by atoms with Crippen LogP contribution in [-0.2, 0) is 12.0 Å². The van der Waals surface area contributed by atoms with E-state index in [0.717, 1.165) is 49.0 Å². The summed E-state index contributed by atoms with van der Waals surface area (Å²) in [4.78, 5) is 22.0. The average Bonchev–Trinajstić information content (AvgIpc) is 3.22. The number of hydrogen-bond donors (Lipinski definition) is 0. The van der Waals surface area contributed by atoms with Crippen molar-refractivity contribution in [1.82, 2.24) is 14.8 Å². The van der Waals surface area contributed by atoms with E-state index >= 15 is 0 Å². The van der Waals surface area contributed by atoms with Crippen molar-refractivity contribution in [2.24, 2.45) is 0 Å². The van der Waals surface area contributed by atoms with E-state index in [1.807, 2.05) is 35.2 Å². The van der Waals surface area contributed by atoms with Crippen LogP contribution in [0.5, 0.6) is 0 Å². The zero-order valence-corrected chi connectivity index (χ0v) is 18.8. The lowest BCUT2D eigenvalue weighted by molar-refractivity contribution is 0.0627. The zero-order chi connectivity index (χ0) is 21.1. The summed E-state index contributed by atoms with van der Waals surface area (Å²) in [5.74, 6) is 0.134. The first-order chi connectivity index (χ1) is 14.4. The van der Waals surface area contributed by atoms with Crippen molar-refractivity contribution in [1.29, 1.82) is 0 Å². The van der Waals surface area contributed by atoms with Gasteiger partial charge in [0.15, 0.2) is 0 Å². The third-order valence-corrected chi connectivity index (χ3v) is 6.56. The fourth-order valence-corrected chi connectivity index (χ4v) is 4.54. The predicted octanol–water partition coefficient (Wildman–Crippen LogP) is 5.07. The van der Waals surface area contributed by atoms with Gasteiger partial charge in [-0.25, -0.2) is 4.98 Å². The molecular formula is C25H29N3OS. The van der Waals surface area contributed by atoms with E-state index in [9.17, 15) is 4.79 Å². The molecule has 0 saturated carbocycles. The normalized spacial score (nSPS) is 15.4. The number of benzene rings is 2. The first-order valence-electron chi connectivity index (χ1n) is 10.5. The standard InChI is InChI=1S/C25H29N3OS/c1-25(2,3)21-11-9-20(10-12-21)24(29)28-15-13-27(14-16-28)17-22-18-30-23(26-22)19-7-5-4-6-8-19/h4-12,18H,13-17H2,1-3H3. The van der Waals surface area contributed by atoms with Crippen LogP contribution in [0.25, 0.3) is 10.6 Å². The van der Waals surface area contributed by atoms with E-state index < -0.39 is 0 Å². The molecule has 1 aliphatic rings. The van der Waals surface area contributed by atoms with E-state index in [1.165, 1.54) is 11.1 Å². The zero-order valence-electron chi connectivity index (χ0n) is 18.0. The minimum atomic E-state index is 0.100. The molecule has 1 saturated heterocycles. The summed E-state index contributed by atoms with van der Waals surface area (Å²) in [6.07, 6.45) is 0. The maximum Gasteiger partial charge on any atom is 0.253 e. The first-order valence-corrected chi connectivity index (χ1v) is 11.4. The molecule has 1 fully saturated rings. The van der Waals surface area contributed by atoms with Gasteiger partial charge in [0.05, 0.1) is 5.69 Å². The lowest BCUT2D eigenvalue weighted by Gasteiger charge is -2.34. The van der Waals surface area contributed by atoms with Crippen LogP contribution in [0, 0.1) is 0 Å². The monoisotopic (exact) mass is 419 g/mol. The molecule has 0 aliphatic carbocycles. The number of amides is 1. The summed E-state index contributed by atoms with van der Waals surface area (Å²) >= 11 is 1.69. The topological polar surface area (TPSA) is 36.4 Å². The average molecular weight is 420 g/mol. The fourth-order valence-electron chi connectivity index (χ4n) is 3.73. The van der Waals surface area contributed by atoms with Gasteiger partial charge in [-0.3, -0.25) is 9.69 Å². The summed E-state index contributed by atoms with van der Waals surface area (Å²) < 4.78 is 0. The van der Waals surface area contributed by atoms with E-state index in [-0.39, 0.29) is 11.3 Å². The predicted molar refractivity (Wildman–Crippen MR) is 124 cm³/mol. The van der Waals surface area contributed by atoms with Gasteiger partial charge in [0, 0.05) is 49.2 Å². The quantitative estimate of drug-likeness (QED) is 0.593. The van der Waals surface area contributed by atoms with Crippen LogP contribution >= 0.6 is 11.3 Å². The van der Waals surface area contributed by atoms with Crippen LogP contribution in [-0.4, -0.2) is 46.9 Å². The highest BCUT2D eigenvalue weighted by atomic mass is 32.1. The highest BCUT2D eigenvalue weighted by Crippen LogP contribution is 2.25. The van der Waals surface area contributed by atoms with Crippen LogP contribution < -0.4 is 0 Å². The molecule has 2 aromatic carbocycles. The molecule has 156 valence electrons. The Morgan fingerprint density at radius 3 is 2.27 bits per heavy atom. The van der Waals surface area contributed by atoms with Crippen LogP contribution in [0.2, 0.25) is 0 Å². The maximum atomic E-state index is 12.9. The lowest BCUT2D eigenvalue weighted by atomic mass is 9.86. The van der Waals surface area contributed by atoms with Gasteiger partial charge in [0.25, 0.3) is 5.91 Å². The molecule has 1 amide bonds. The number of thiazole rings is 1. The van der Waals surface area contributed by atoms with Gasteiger partial charge in [-0.1, -0.05) is 63.2 Å². The van der Waals surface area contributed by atoms with Crippen LogP contribution in [0.15, 0.2) is 60.0 Å². The summed E-state index contributed by atoms with van der Waals surface area (Å²) in [5.41, 5.74) is 4.41. The minimum Gasteiger partial charge on any atom is -0.336 e. The van der Waals surface area contributed by atoms with Crippen LogP contribution in [0.1, 0.15) is 42.4 Å². The Kier molecular flexibility index (Phi) is 6.02.